The van der Waals surface area contributed by atoms with E-state index >= 15 is 0 Å². The summed E-state index contributed by atoms with van der Waals surface area (Å²) in [5.74, 6) is 1.48. The quantitative estimate of drug-likeness (QED) is 0.763. The fourth-order valence-corrected chi connectivity index (χ4v) is 1.70. The highest BCUT2D eigenvalue weighted by Crippen LogP contribution is 2.18. The number of nitrogens with two attached hydrogens (primary N) is 1. The molecule has 0 radical (unpaired) electrons. The van der Waals surface area contributed by atoms with Crippen LogP contribution in [0.3, 0.4) is 0 Å². The van der Waals surface area contributed by atoms with Crippen molar-refractivity contribution in [1.29, 1.82) is 0 Å². The van der Waals surface area contributed by atoms with Crippen LogP contribution in [0, 0.1) is 12.8 Å². The second kappa shape index (κ2) is 4.61. The van der Waals surface area contributed by atoms with Gasteiger partial charge in [0.1, 0.15) is 10.8 Å². The van der Waals surface area contributed by atoms with Crippen molar-refractivity contribution in [3.63, 3.8) is 0 Å². The number of nitrogens with one attached hydrogen (secondary N) is 1. The molecule has 5 heteroatoms. The molecule has 0 saturated heterocycles. The second-order valence-corrected chi connectivity index (χ2v) is 4.51. The van der Waals surface area contributed by atoms with Crippen molar-refractivity contribution in [3.8, 4) is 0 Å². The Morgan fingerprint density at radius 1 is 1.60 bits per heavy atom. The number of thiocarbonyl (C=S) groups is 1. The van der Waals surface area contributed by atoms with E-state index < -0.39 is 0 Å². The van der Waals surface area contributed by atoms with E-state index in [-0.39, 0.29) is 0 Å². The lowest BCUT2D eigenvalue weighted by atomic mass is 10.2. The number of aryl methyl sites for hydroxylation is 2. The number of anilines is 1. The minimum Gasteiger partial charge on any atom is -0.389 e. The van der Waals surface area contributed by atoms with E-state index in [2.05, 4.69) is 24.3 Å². The van der Waals surface area contributed by atoms with Crippen molar-refractivity contribution in [2.75, 3.05) is 11.9 Å². The van der Waals surface area contributed by atoms with Gasteiger partial charge in [-0.3, -0.25) is 4.68 Å². The Morgan fingerprint density at radius 2 is 2.20 bits per heavy atom. The van der Waals surface area contributed by atoms with Gasteiger partial charge in [-0.05, 0) is 12.8 Å². The lowest BCUT2D eigenvalue weighted by Gasteiger charge is -2.10. The second-order valence-electron chi connectivity index (χ2n) is 4.07. The molecule has 0 unspecified atom stereocenters. The van der Waals surface area contributed by atoms with Gasteiger partial charge in [0.15, 0.2) is 0 Å². The van der Waals surface area contributed by atoms with Gasteiger partial charge in [0.2, 0.25) is 0 Å². The standard InChI is InChI=1S/C10H18N4S/c1-6(2)5-12-10-8(9(11)15)7(3)13-14(10)4/h6,12H,5H2,1-4H3,(H2,11,15). The van der Waals surface area contributed by atoms with Crippen molar-refractivity contribution in [2.45, 2.75) is 20.8 Å². The van der Waals surface area contributed by atoms with E-state index in [1.54, 1.807) is 4.68 Å². The Morgan fingerprint density at radius 3 is 2.67 bits per heavy atom. The summed E-state index contributed by atoms with van der Waals surface area (Å²) >= 11 is 5.01. The molecule has 1 aromatic heterocycles. The first-order valence-corrected chi connectivity index (χ1v) is 5.41. The predicted molar refractivity (Wildman–Crippen MR) is 67.2 cm³/mol. The Kier molecular flexibility index (Phi) is 3.68. The van der Waals surface area contributed by atoms with Crippen LogP contribution in [0.5, 0.6) is 0 Å². The van der Waals surface area contributed by atoms with Crippen molar-refractivity contribution in [1.82, 2.24) is 9.78 Å². The Hall–Kier alpha value is -1.10. The van der Waals surface area contributed by atoms with Crippen LogP contribution in [0.2, 0.25) is 0 Å². The van der Waals surface area contributed by atoms with Gasteiger partial charge < -0.3 is 11.1 Å². The van der Waals surface area contributed by atoms with Crippen LogP contribution in [0.25, 0.3) is 0 Å². The van der Waals surface area contributed by atoms with Crippen molar-refractivity contribution in [3.05, 3.63) is 11.3 Å². The molecule has 0 amide bonds. The molecular formula is C10H18N4S. The number of rotatable bonds is 4. The third kappa shape index (κ3) is 2.68. The highest BCUT2D eigenvalue weighted by molar-refractivity contribution is 7.80. The van der Waals surface area contributed by atoms with Gasteiger partial charge in [0.25, 0.3) is 0 Å². The molecule has 3 N–H and O–H groups in total. The molecule has 0 bridgehead atoms. The largest absolute Gasteiger partial charge is 0.389 e. The van der Waals surface area contributed by atoms with E-state index in [9.17, 15) is 0 Å². The van der Waals surface area contributed by atoms with Crippen LogP contribution < -0.4 is 11.1 Å². The lowest BCUT2D eigenvalue weighted by Crippen LogP contribution is -2.17. The summed E-state index contributed by atoms with van der Waals surface area (Å²) in [7, 11) is 1.89. The SMILES string of the molecule is Cc1nn(C)c(NCC(C)C)c1C(N)=S. The monoisotopic (exact) mass is 226 g/mol. The number of hydrogen-bond acceptors (Lipinski definition) is 3. The Balaban J connectivity index is 2.99. The first kappa shape index (κ1) is 12.0. The van der Waals surface area contributed by atoms with Crippen molar-refractivity contribution >= 4 is 23.0 Å². The Labute approximate surface area is 95.8 Å². The normalized spacial score (nSPS) is 10.7. The van der Waals surface area contributed by atoms with Crippen LogP contribution in [-0.2, 0) is 7.05 Å². The molecule has 1 rings (SSSR count). The van der Waals surface area contributed by atoms with Crippen LogP contribution in [-0.4, -0.2) is 21.3 Å². The van der Waals surface area contributed by atoms with Gasteiger partial charge in [-0.15, -0.1) is 0 Å². The topological polar surface area (TPSA) is 55.9 Å². The third-order valence-electron chi connectivity index (χ3n) is 2.15. The van der Waals surface area contributed by atoms with Crippen LogP contribution in [0.1, 0.15) is 25.1 Å². The molecule has 84 valence electrons. The summed E-state index contributed by atoms with van der Waals surface area (Å²) in [4.78, 5) is 0.395. The molecule has 0 aliphatic carbocycles. The van der Waals surface area contributed by atoms with Gasteiger partial charge in [-0.1, -0.05) is 26.1 Å². The van der Waals surface area contributed by atoms with E-state index in [1.165, 1.54) is 0 Å². The zero-order valence-electron chi connectivity index (χ0n) is 9.66. The smallest absolute Gasteiger partial charge is 0.134 e. The van der Waals surface area contributed by atoms with E-state index in [0.29, 0.717) is 10.9 Å². The third-order valence-corrected chi connectivity index (χ3v) is 2.35. The number of aromatic nitrogens is 2. The van der Waals surface area contributed by atoms with E-state index in [1.807, 2.05) is 14.0 Å². The van der Waals surface area contributed by atoms with Crippen molar-refractivity contribution in [2.24, 2.45) is 18.7 Å². The minimum absolute atomic E-state index is 0.395. The van der Waals surface area contributed by atoms with Gasteiger partial charge in [-0.25, -0.2) is 0 Å². The molecule has 0 atom stereocenters. The first-order chi connectivity index (χ1) is 6.93. The number of nitrogens with zero attached hydrogens (tertiary/aromatic N) is 2. The lowest BCUT2D eigenvalue weighted by molar-refractivity contribution is 0.675. The molecule has 0 aliphatic rings. The zero-order chi connectivity index (χ0) is 11.6. The fraction of sp³-hybridized carbons (Fsp3) is 0.600. The molecule has 0 fully saturated rings. The average molecular weight is 226 g/mol. The maximum absolute atomic E-state index is 5.67. The molecule has 1 aromatic rings. The number of hydrogen-bond donors (Lipinski definition) is 2. The first-order valence-electron chi connectivity index (χ1n) is 5.00. The fourth-order valence-electron chi connectivity index (χ4n) is 1.46. The van der Waals surface area contributed by atoms with E-state index in [0.717, 1.165) is 23.6 Å². The highest BCUT2D eigenvalue weighted by Gasteiger charge is 2.15. The molecule has 0 spiro atoms. The van der Waals surface area contributed by atoms with Crippen molar-refractivity contribution < 1.29 is 0 Å². The zero-order valence-corrected chi connectivity index (χ0v) is 10.5. The van der Waals surface area contributed by atoms with E-state index in [4.69, 9.17) is 18.0 Å². The summed E-state index contributed by atoms with van der Waals surface area (Å²) in [6.45, 7) is 7.09. The summed E-state index contributed by atoms with van der Waals surface area (Å²) in [6.07, 6.45) is 0. The molecule has 0 aromatic carbocycles. The summed E-state index contributed by atoms with van der Waals surface area (Å²) < 4.78 is 1.78. The summed E-state index contributed by atoms with van der Waals surface area (Å²) in [5.41, 5.74) is 7.40. The molecule has 0 saturated carbocycles. The molecule has 0 aliphatic heterocycles. The molecular weight excluding hydrogens is 208 g/mol. The van der Waals surface area contributed by atoms with Gasteiger partial charge in [0.05, 0.1) is 11.3 Å². The maximum atomic E-state index is 5.67. The Bertz CT molecular complexity index is 368. The molecule has 1 heterocycles. The molecule has 15 heavy (non-hydrogen) atoms. The summed E-state index contributed by atoms with van der Waals surface area (Å²) in [6, 6.07) is 0. The predicted octanol–water partition coefficient (Wildman–Crippen LogP) is 1.43. The van der Waals surface area contributed by atoms with Crippen LogP contribution >= 0.6 is 12.2 Å². The summed E-state index contributed by atoms with van der Waals surface area (Å²) in [5, 5.41) is 7.61. The van der Waals surface area contributed by atoms with Gasteiger partial charge in [-0.2, -0.15) is 5.10 Å². The maximum Gasteiger partial charge on any atom is 0.134 e. The van der Waals surface area contributed by atoms with Gasteiger partial charge in [0, 0.05) is 13.6 Å². The minimum atomic E-state index is 0.395. The molecule has 4 nitrogen and oxygen atoms in total. The highest BCUT2D eigenvalue weighted by atomic mass is 32.1. The van der Waals surface area contributed by atoms with Gasteiger partial charge >= 0.3 is 0 Å². The average Bonchev–Trinajstić information content (AvgIpc) is 2.37. The van der Waals surface area contributed by atoms with Crippen LogP contribution in [0.4, 0.5) is 5.82 Å². The van der Waals surface area contributed by atoms with Crippen LogP contribution in [0.15, 0.2) is 0 Å².